The van der Waals surface area contributed by atoms with Crippen LogP contribution >= 0.6 is 11.6 Å². The number of para-hydroxylation sites is 1. The second kappa shape index (κ2) is 10.1. The summed E-state index contributed by atoms with van der Waals surface area (Å²) in [5.41, 5.74) is 1.01. The van der Waals surface area contributed by atoms with Gasteiger partial charge in [0.2, 0.25) is 0 Å². The van der Waals surface area contributed by atoms with E-state index in [1.165, 1.54) is 27.9 Å². The molecule has 0 spiro atoms. The maximum atomic E-state index is 14.6. The molecule has 2 aromatic heterocycles. The third-order valence-corrected chi connectivity index (χ3v) is 6.27. The number of halogens is 2. The van der Waals surface area contributed by atoms with E-state index in [0.29, 0.717) is 11.4 Å². The number of rotatable bonds is 5. The lowest BCUT2D eigenvalue weighted by Gasteiger charge is -2.13. The SMILES string of the molecule is O=C(Nc1cc(C(=O)N2C[C@@H](O)[C@@H](O)C2)nn1-c1ccccc1)c1cc(-c2ccccn2)c(F)cc1Cl. The molecular weight excluding hydrogens is 501 g/mol. The molecule has 2 amide bonds. The number of aliphatic hydroxyl groups excluding tert-OH is 2. The summed E-state index contributed by atoms with van der Waals surface area (Å²) in [5, 5.41) is 26.6. The Kier molecular flexibility index (Phi) is 6.70. The zero-order valence-corrected chi connectivity index (χ0v) is 20.0. The van der Waals surface area contributed by atoms with Crippen molar-refractivity contribution < 1.29 is 24.2 Å². The van der Waals surface area contributed by atoms with Crippen molar-refractivity contribution in [2.24, 2.45) is 0 Å². The van der Waals surface area contributed by atoms with Crippen LogP contribution in [0, 0.1) is 5.82 Å². The molecule has 1 aliphatic heterocycles. The fourth-order valence-electron chi connectivity index (χ4n) is 4.06. The molecule has 2 atom stereocenters. The highest BCUT2D eigenvalue weighted by Gasteiger charge is 2.34. The van der Waals surface area contributed by atoms with Crippen molar-refractivity contribution in [1.82, 2.24) is 19.7 Å². The molecule has 11 heteroatoms. The van der Waals surface area contributed by atoms with Crippen molar-refractivity contribution in [3.05, 3.63) is 95.0 Å². The number of hydrogen-bond acceptors (Lipinski definition) is 6. The second-order valence-electron chi connectivity index (χ2n) is 8.49. The van der Waals surface area contributed by atoms with Crippen LogP contribution in [-0.2, 0) is 0 Å². The van der Waals surface area contributed by atoms with Gasteiger partial charge in [0.05, 0.1) is 34.2 Å². The molecule has 3 N–H and O–H groups in total. The van der Waals surface area contributed by atoms with E-state index in [0.717, 1.165) is 6.07 Å². The lowest BCUT2D eigenvalue weighted by molar-refractivity contribution is 0.0572. The molecule has 37 heavy (non-hydrogen) atoms. The molecule has 0 unspecified atom stereocenters. The van der Waals surface area contributed by atoms with Crippen molar-refractivity contribution in [2.45, 2.75) is 12.2 Å². The molecule has 3 heterocycles. The van der Waals surface area contributed by atoms with Crippen molar-refractivity contribution >= 4 is 29.2 Å². The maximum absolute atomic E-state index is 14.6. The van der Waals surface area contributed by atoms with Gasteiger partial charge in [-0.05, 0) is 36.4 Å². The number of benzene rings is 2. The topological polar surface area (TPSA) is 121 Å². The van der Waals surface area contributed by atoms with Gasteiger partial charge in [0.15, 0.2) is 5.69 Å². The van der Waals surface area contributed by atoms with E-state index < -0.39 is 29.8 Å². The normalized spacial score (nSPS) is 17.1. The van der Waals surface area contributed by atoms with E-state index in [4.69, 9.17) is 11.6 Å². The Morgan fingerprint density at radius 2 is 1.70 bits per heavy atom. The van der Waals surface area contributed by atoms with Crippen LogP contribution in [0.2, 0.25) is 5.02 Å². The number of nitrogens with zero attached hydrogens (tertiary/aromatic N) is 4. The van der Waals surface area contributed by atoms with Gasteiger partial charge in [0, 0.05) is 30.9 Å². The van der Waals surface area contributed by atoms with Gasteiger partial charge in [-0.3, -0.25) is 14.6 Å². The van der Waals surface area contributed by atoms with Crippen molar-refractivity contribution in [3.8, 4) is 16.9 Å². The van der Waals surface area contributed by atoms with E-state index in [9.17, 15) is 24.2 Å². The number of β-amino-alcohol motifs (C(OH)–C–C–N with tert-alkyl or cyclic N) is 2. The number of carbonyl (C=O) groups excluding carboxylic acids is 2. The molecule has 0 radical (unpaired) electrons. The summed E-state index contributed by atoms with van der Waals surface area (Å²) in [6.45, 7) is -0.0806. The van der Waals surface area contributed by atoms with Crippen LogP contribution in [-0.4, -0.2) is 67.0 Å². The highest BCUT2D eigenvalue weighted by molar-refractivity contribution is 6.34. The maximum Gasteiger partial charge on any atom is 0.274 e. The van der Waals surface area contributed by atoms with E-state index in [1.807, 2.05) is 6.07 Å². The van der Waals surface area contributed by atoms with Crippen LogP contribution in [0.15, 0.2) is 72.9 Å². The predicted molar refractivity (Wildman–Crippen MR) is 134 cm³/mol. The zero-order chi connectivity index (χ0) is 26.1. The fourth-order valence-corrected chi connectivity index (χ4v) is 4.30. The molecule has 188 valence electrons. The number of hydrogen-bond donors (Lipinski definition) is 3. The van der Waals surface area contributed by atoms with Crippen LogP contribution in [0.5, 0.6) is 0 Å². The summed E-state index contributed by atoms with van der Waals surface area (Å²) < 4.78 is 16.0. The number of nitrogens with one attached hydrogen (secondary N) is 1. The number of aromatic nitrogens is 3. The van der Waals surface area contributed by atoms with Crippen LogP contribution in [0.4, 0.5) is 10.2 Å². The molecule has 9 nitrogen and oxygen atoms in total. The van der Waals surface area contributed by atoms with Gasteiger partial charge >= 0.3 is 0 Å². The highest BCUT2D eigenvalue weighted by atomic mass is 35.5. The summed E-state index contributed by atoms with van der Waals surface area (Å²) in [6, 6.07) is 17.6. The first-order chi connectivity index (χ1) is 17.8. The molecular formula is C26H21ClFN5O4. The van der Waals surface area contributed by atoms with E-state index >= 15 is 0 Å². The average molecular weight is 522 g/mol. The fraction of sp³-hybridized carbons (Fsp3) is 0.154. The van der Waals surface area contributed by atoms with Gasteiger partial charge in [0.25, 0.3) is 11.8 Å². The van der Waals surface area contributed by atoms with Gasteiger partial charge in [-0.2, -0.15) is 5.10 Å². The Bertz CT molecular complexity index is 1450. The van der Waals surface area contributed by atoms with E-state index in [1.54, 1.807) is 42.5 Å². The van der Waals surface area contributed by atoms with E-state index in [2.05, 4.69) is 15.4 Å². The Hall–Kier alpha value is -4.12. The number of pyridine rings is 1. The Morgan fingerprint density at radius 3 is 2.38 bits per heavy atom. The third kappa shape index (κ3) is 4.94. The highest BCUT2D eigenvalue weighted by Crippen LogP contribution is 2.29. The number of anilines is 1. The third-order valence-electron chi connectivity index (χ3n) is 5.96. The molecule has 0 saturated carbocycles. The number of aliphatic hydroxyl groups is 2. The van der Waals surface area contributed by atoms with Crippen molar-refractivity contribution in [1.29, 1.82) is 0 Å². The summed E-state index contributed by atoms with van der Waals surface area (Å²) in [7, 11) is 0. The number of carbonyl (C=O) groups is 2. The van der Waals surface area contributed by atoms with Crippen LogP contribution in [0.25, 0.3) is 16.9 Å². The van der Waals surface area contributed by atoms with Gasteiger partial charge in [-0.25, -0.2) is 9.07 Å². The minimum absolute atomic E-state index is 0.000157. The van der Waals surface area contributed by atoms with Crippen LogP contribution in [0.1, 0.15) is 20.8 Å². The number of likely N-dealkylation sites (tertiary alicyclic amines) is 1. The number of amides is 2. The molecule has 5 rings (SSSR count). The predicted octanol–water partition coefficient (Wildman–Crippen LogP) is 3.16. The molecule has 2 aromatic carbocycles. The molecule has 1 fully saturated rings. The molecule has 1 saturated heterocycles. The minimum Gasteiger partial charge on any atom is -0.388 e. The molecule has 1 aliphatic rings. The summed E-state index contributed by atoms with van der Waals surface area (Å²) in [4.78, 5) is 31.8. The lowest BCUT2D eigenvalue weighted by atomic mass is 10.1. The van der Waals surface area contributed by atoms with Crippen LogP contribution in [0.3, 0.4) is 0 Å². The molecule has 0 aliphatic carbocycles. The van der Waals surface area contributed by atoms with Crippen molar-refractivity contribution in [3.63, 3.8) is 0 Å². The first kappa shape index (κ1) is 24.6. The van der Waals surface area contributed by atoms with Gasteiger partial charge in [0.1, 0.15) is 11.6 Å². The Morgan fingerprint density at radius 1 is 1.00 bits per heavy atom. The lowest BCUT2D eigenvalue weighted by Crippen LogP contribution is -2.30. The van der Waals surface area contributed by atoms with Gasteiger partial charge in [-0.15, -0.1) is 0 Å². The first-order valence-electron chi connectivity index (χ1n) is 11.3. The summed E-state index contributed by atoms with van der Waals surface area (Å²) >= 11 is 6.22. The Balaban J connectivity index is 1.50. The standard InChI is InChI=1S/C26H21ClFN5O4/c27-18-11-19(28)17(20-8-4-5-9-29-20)10-16(18)25(36)30-24-12-21(26(37)32-13-22(34)23(35)14-32)31-33(24)15-6-2-1-3-7-15/h1-12,22-23,34-35H,13-14H2,(H,30,36)/t22-,23+. The zero-order valence-electron chi connectivity index (χ0n) is 19.3. The monoisotopic (exact) mass is 521 g/mol. The minimum atomic E-state index is -1.05. The first-order valence-corrected chi connectivity index (χ1v) is 11.7. The van der Waals surface area contributed by atoms with E-state index in [-0.39, 0.29) is 40.8 Å². The largest absolute Gasteiger partial charge is 0.388 e. The summed E-state index contributed by atoms with van der Waals surface area (Å²) in [5.74, 6) is -1.62. The second-order valence-corrected chi connectivity index (χ2v) is 8.90. The summed E-state index contributed by atoms with van der Waals surface area (Å²) in [6.07, 6.45) is -0.583. The Labute approximate surface area is 215 Å². The molecule has 4 aromatic rings. The van der Waals surface area contributed by atoms with Crippen molar-refractivity contribution in [2.75, 3.05) is 18.4 Å². The van der Waals surface area contributed by atoms with Crippen LogP contribution < -0.4 is 5.32 Å². The van der Waals surface area contributed by atoms with Gasteiger partial charge in [-0.1, -0.05) is 35.9 Å². The molecule has 0 bridgehead atoms. The average Bonchev–Trinajstić information content (AvgIpc) is 3.47. The smallest absolute Gasteiger partial charge is 0.274 e. The van der Waals surface area contributed by atoms with Gasteiger partial charge < -0.3 is 20.4 Å². The quantitative estimate of drug-likeness (QED) is 0.371.